The minimum atomic E-state index is -1.73. The van der Waals surface area contributed by atoms with Gasteiger partial charge in [0.25, 0.3) is 0 Å². The number of aliphatic hydroxyl groups excluding tert-OH is 8. The lowest BCUT2D eigenvalue weighted by molar-refractivity contribution is -0.381. The maximum Gasteiger partial charge on any atom is 0.187 e. The van der Waals surface area contributed by atoms with Gasteiger partial charge in [-0.1, -0.05) is 55.4 Å². The minimum absolute atomic E-state index is 0.0275. The van der Waals surface area contributed by atoms with Gasteiger partial charge in [0.2, 0.25) is 0 Å². The Hall–Kier alpha value is -0.930. The first kappa shape index (κ1) is 48.5. The molecule has 4 aliphatic heterocycles. The molecule has 16 heteroatoms. The maximum absolute atomic E-state index is 13.9. The molecule has 0 radical (unpaired) electrons. The standard InChI is InChI=1S/C47H78O16/c1-20(2)21(3)32(51)38-22(4)31-24-10-11-29-45(8,46(24,9)16-27(31)60-38)14-12-28-44(6,7)30(13-15-47(28,29)19-48)61-42-39(34(53)25(49)17-57-42)63-43-40(35(54)26(50)18-58-43)62-41-37(56)36(55)33(52)23(5)59-41/h19-43,49-56H,10-18H2,1-9H3. The van der Waals surface area contributed by atoms with Gasteiger partial charge in [-0.15, -0.1) is 0 Å². The summed E-state index contributed by atoms with van der Waals surface area (Å²) in [6.45, 7) is 18.7. The summed E-state index contributed by atoms with van der Waals surface area (Å²) in [5.41, 5.74) is -1.29. The molecule has 8 aliphatic rings. The molecule has 0 spiro atoms. The van der Waals surface area contributed by atoms with Gasteiger partial charge in [0.05, 0.1) is 43.7 Å². The predicted molar refractivity (Wildman–Crippen MR) is 223 cm³/mol. The summed E-state index contributed by atoms with van der Waals surface area (Å²) in [5, 5.41) is 86.6. The van der Waals surface area contributed by atoms with Crippen LogP contribution in [0.15, 0.2) is 0 Å². The Bertz CT molecular complexity index is 1620. The van der Waals surface area contributed by atoms with Gasteiger partial charge < -0.3 is 78.8 Å². The van der Waals surface area contributed by atoms with Crippen molar-refractivity contribution in [1.82, 2.24) is 0 Å². The van der Waals surface area contributed by atoms with E-state index in [1.807, 2.05) is 0 Å². The fourth-order valence-electron chi connectivity index (χ4n) is 14.9. The molecule has 63 heavy (non-hydrogen) atoms. The Labute approximate surface area is 372 Å². The lowest BCUT2D eigenvalue weighted by atomic mass is 9.35. The third kappa shape index (κ3) is 7.63. The Kier molecular flexibility index (Phi) is 13.5. The normalized spacial score (nSPS) is 55.3. The van der Waals surface area contributed by atoms with Crippen LogP contribution >= 0.6 is 0 Å². The molecule has 0 aromatic carbocycles. The number of carbonyl (C=O) groups excluding carboxylic acids is 1. The maximum atomic E-state index is 13.9. The van der Waals surface area contributed by atoms with Crippen LogP contribution in [-0.4, -0.2) is 165 Å². The molecule has 0 aromatic heterocycles. The van der Waals surface area contributed by atoms with E-state index in [9.17, 15) is 45.6 Å². The molecule has 0 amide bonds. The molecule has 26 atom stereocenters. The van der Waals surface area contributed by atoms with Crippen molar-refractivity contribution < 1.29 is 78.8 Å². The number of fused-ring (bicyclic) bond motifs is 7. The average Bonchev–Trinajstić information content (AvgIpc) is 3.72. The van der Waals surface area contributed by atoms with Crippen LogP contribution in [0.4, 0.5) is 0 Å². The molecular formula is C47H78O16. The van der Waals surface area contributed by atoms with Crippen molar-refractivity contribution in [2.24, 2.45) is 63.1 Å². The largest absolute Gasteiger partial charge is 0.390 e. The highest BCUT2D eigenvalue weighted by Gasteiger charge is 2.73. The van der Waals surface area contributed by atoms with Crippen LogP contribution in [0.3, 0.4) is 0 Å². The molecule has 26 unspecified atom stereocenters. The van der Waals surface area contributed by atoms with Crippen molar-refractivity contribution >= 4 is 6.29 Å². The molecular weight excluding hydrogens is 821 g/mol. The Balaban J connectivity index is 0.990. The monoisotopic (exact) mass is 899 g/mol. The van der Waals surface area contributed by atoms with Gasteiger partial charge in [-0.3, -0.25) is 0 Å². The van der Waals surface area contributed by atoms with Crippen LogP contribution in [-0.2, 0) is 38.0 Å². The summed E-state index contributed by atoms with van der Waals surface area (Å²) in [7, 11) is 0. The number of hydrogen-bond donors (Lipinski definition) is 8. The third-order valence-electron chi connectivity index (χ3n) is 19.1. The molecule has 8 fully saturated rings. The highest BCUT2D eigenvalue weighted by Crippen LogP contribution is 2.76. The molecule has 362 valence electrons. The highest BCUT2D eigenvalue weighted by atomic mass is 16.8. The third-order valence-corrected chi connectivity index (χ3v) is 19.1. The average molecular weight is 899 g/mol. The second-order valence-electron chi connectivity index (χ2n) is 22.7. The zero-order valence-electron chi connectivity index (χ0n) is 38.6. The first-order valence-corrected chi connectivity index (χ1v) is 23.9. The van der Waals surface area contributed by atoms with Crippen molar-refractivity contribution in [3.63, 3.8) is 0 Å². The number of hydrogen-bond acceptors (Lipinski definition) is 16. The summed E-state index contributed by atoms with van der Waals surface area (Å²) in [5.74, 6) is 1.65. The van der Waals surface area contributed by atoms with Gasteiger partial charge in [-0.05, 0) is 110 Å². The first-order valence-electron chi connectivity index (χ1n) is 23.9. The summed E-state index contributed by atoms with van der Waals surface area (Å²) in [4.78, 5) is 13.9. The van der Waals surface area contributed by atoms with Gasteiger partial charge in [0.15, 0.2) is 18.9 Å². The zero-order valence-corrected chi connectivity index (χ0v) is 38.6. The molecule has 4 saturated heterocycles. The summed E-state index contributed by atoms with van der Waals surface area (Å²) >= 11 is 0. The van der Waals surface area contributed by atoms with Gasteiger partial charge in [-0.2, -0.15) is 0 Å². The highest BCUT2D eigenvalue weighted by molar-refractivity contribution is 5.62. The molecule has 4 saturated carbocycles. The number of carbonyl (C=O) groups is 1. The van der Waals surface area contributed by atoms with E-state index in [1.54, 1.807) is 0 Å². The number of aliphatic hydroxyl groups is 8. The van der Waals surface area contributed by atoms with E-state index < -0.39 is 103 Å². The lowest BCUT2D eigenvalue weighted by Gasteiger charge is -2.69. The van der Waals surface area contributed by atoms with E-state index in [-0.39, 0.29) is 59.9 Å². The minimum Gasteiger partial charge on any atom is -0.390 e. The van der Waals surface area contributed by atoms with Gasteiger partial charge in [-0.25, -0.2) is 0 Å². The fraction of sp³-hybridized carbons (Fsp3) is 0.979. The van der Waals surface area contributed by atoms with Crippen LogP contribution in [0.5, 0.6) is 0 Å². The molecule has 4 heterocycles. The molecule has 0 bridgehead atoms. The van der Waals surface area contributed by atoms with Crippen LogP contribution in [0, 0.1) is 63.1 Å². The van der Waals surface area contributed by atoms with Gasteiger partial charge in [0.1, 0.15) is 61.2 Å². The van der Waals surface area contributed by atoms with Crippen molar-refractivity contribution in [3.8, 4) is 0 Å². The first-order chi connectivity index (χ1) is 29.5. The predicted octanol–water partition coefficient (Wildman–Crippen LogP) is 1.66. The van der Waals surface area contributed by atoms with Gasteiger partial charge >= 0.3 is 0 Å². The van der Waals surface area contributed by atoms with Gasteiger partial charge in [0, 0.05) is 5.41 Å². The van der Waals surface area contributed by atoms with Crippen LogP contribution in [0.2, 0.25) is 0 Å². The van der Waals surface area contributed by atoms with E-state index in [2.05, 4.69) is 55.4 Å². The molecule has 8 rings (SSSR count). The lowest BCUT2D eigenvalue weighted by Crippen LogP contribution is -2.66. The topological polar surface area (TPSA) is 244 Å². The van der Waals surface area contributed by atoms with Crippen molar-refractivity contribution in [2.75, 3.05) is 13.2 Å². The van der Waals surface area contributed by atoms with Crippen molar-refractivity contribution in [2.45, 2.75) is 212 Å². The van der Waals surface area contributed by atoms with Crippen LogP contribution < -0.4 is 0 Å². The van der Waals surface area contributed by atoms with Crippen molar-refractivity contribution in [1.29, 1.82) is 0 Å². The summed E-state index contributed by atoms with van der Waals surface area (Å²) in [6.07, 6.45) is -12.9. The summed E-state index contributed by atoms with van der Waals surface area (Å²) < 4.78 is 43.3. The van der Waals surface area contributed by atoms with Crippen LogP contribution in [0.1, 0.15) is 107 Å². The fourth-order valence-corrected chi connectivity index (χ4v) is 14.9. The van der Waals surface area contributed by atoms with E-state index in [1.165, 1.54) is 13.2 Å². The Morgan fingerprint density at radius 1 is 0.667 bits per heavy atom. The molecule has 4 aliphatic carbocycles. The zero-order chi connectivity index (χ0) is 45.9. The van der Waals surface area contributed by atoms with E-state index in [0.717, 1.165) is 32.1 Å². The Morgan fingerprint density at radius 3 is 1.87 bits per heavy atom. The molecule has 16 nitrogen and oxygen atoms in total. The van der Waals surface area contributed by atoms with E-state index in [0.29, 0.717) is 30.6 Å². The second kappa shape index (κ2) is 17.5. The van der Waals surface area contributed by atoms with Crippen LogP contribution in [0.25, 0.3) is 0 Å². The number of rotatable bonds is 10. The number of aldehydes is 1. The second-order valence-corrected chi connectivity index (χ2v) is 22.7. The van der Waals surface area contributed by atoms with Crippen molar-refractivity contribution in [3.05, 3.63) is 0 Å². The number of ether oxygens (including phenoxy) is 7. The quantitative estimate of drug-likeness (QED) is 0.115. The van der Waals surface area contributed by atoms with E-state index >= 15 is 0 Å². The molecule has 8 N–H and O–H groups in total. The Morgan fingerprint density at radius 2 is 1.27 bits per heavy atom. The van der Waals surface area contributed by atoms with E-state index in [4.69, 9.17) is 33.2 Å². The molecule has 0 aromatic rings. The SMILES string of the molecule is CC(C)C(C)C(O)C1OC2CC3(C)C(CCC4C5(C=O)CCC(OC6OCC(O)C(O)C6OC6OCC(O)C(O)C6OC6OC(C)C(O)C(O)C6O)C(C)(C)C5CCC43C)C2C1C. The smallest absolute Gasteiger partial charge is 0.187 e. The summed E-state index contributed by atoms with van der Waals surface area (Å²) in [6, 6.07) is 0.